The van der Waals surface area contributed by atoms with E-state index in [0.717, 1.165) is 6.20 Å². The molecule has 0 aliphatic carbocycles. The molecule has 0 radical (unpaired) electrons. The maximum absolute atomic E-state index is 12.4. The molecule has 1 heterocycles. The second kappa shape index (κ2) is 2.53. The first-order valence-corrected chi connectivity index (χ1v) is 2.69. The lowest BCUT2D eigenvalue weighted by Crippen LogP contribution is -1.99. The number of aromatic carboxylic acids is 1. The molecular weight excluding hydrogens is 153 g/mol. The summed E-state index contributed by atoms with van der Waals surface area (Å²) in [5.41, 5.74) is -0.430. The van der Waals surface area contributed by atoms with Gasteiger partial charge in [0.15, 0.2) is 17.3 Å². The molecule has 0 unspecified atom stereocenters. The molecule has 11 heavy (non-hydrogen) atoms. The van der Waals surface area contributed by atoms with Gasteiger partial charge in [-0.1, -0.05) is 0 Å². The third-order valence-corrected chi connectivity index (χ3v) is 1.05. The van der Waals surface area contributed by atoms with E-state index in [-0.39, 0.29) is 0 Å². The molecule has 4 nitrogen and oxygen atoms in total. The Kier molecular flexibility index (Phi) is 1.72. The minimum atomic E-state index is -1.33. The van der Waals surface area contributed by atoms with E-state index < -0.39 is 23.2 Å². The average Bonchev–Trinajstić information content (AvgIpc) is 1.94. The molecular formula is C6H4FNO3. The van der Waals surface area contributed by atoms with E-state index in [1.54, 1.807) is 0 Å². The molecule has 0 fully saturated rings. The molecule has 1 rings (SSSR count). The van der Waals surface area contributed by atoms with Crippen LogP contribution in [0.4, 0.5) is 4.39 Å². The summed E-state index contributed by atoms with van der Waals surface area (Å²) in [6.45, 7) is 0. The zero-order valence-corrected chi connectivity index (χ0v) is 5.28. The fraction of sp³-hybridized carbons (Fsp3) is 0. The van der Waals surface area contributed by atoms with Crippen LogP contribution in [0.25, 0.3) is 0 Å². The van der Waals surface area contributed by atoms with Gasteiger partial charge in [-0.25, -0.2) is 14.2 Å². The predicted molar refractivity (Wildman–Crippen MR) is 32.8 cm³/mol. The first kappa shape index (κ1) is 7.46. The maximum Gasteiger partial charge on any atom is 0.354 e. The number of halogens is 1. The lowest BCUT2D eigenvalue weighted by Gasteiger charge is -1.94. The monoisotopic (exact) mass is 157 g/mol. The molecule has 58 valence electrons. The average molecular weight is 157 g/mol. The molecule has 0 amide bonds. The SMILES string of the molecule is O=C(O)c1cc(F)c(O)cn1. The Hall–Kier alpha value is -1.65. The van der Waals surface area contributed by atoms with Crippen LogP contribution in [-0.2, 0) is 0 Å². The van der Waals surface area contributed by atoms with Gasteiger partial charge in [0.1, 0.15) is 0 Å². The van der Waals surface area contributed by atoms with Crippen LogP contribution in [0.5, 0.6) is 5.75 Å². The van der Waals surface area contributed by atoms with E-state index in [2.05, 4.69) is 4.98 Å². The summed E-state index contributed by atoms with van der Waals surface area (Å²) in [7, 11) is 0. The summed E-state index contributed by atoms with van der Waals surface area (Å²) in [6, 6.07) is 0.650. The Bertz CT molecular complexity index is 300. The molecule has 0 saturated heterocycles. The molecule has 0 aliphatic heterocycles. The van der Waals surface area contributed by atoms with Crippen LogP contribution in [0, 0.1) is 5.82 Å². The van der Waals surface area contributed by atoms with Crippen molar-refractivity contribution < 1.29 is 19.4 Å². The highest BCUT2D eigenvalue weighted by atomic mass is 19.1. The smallest absolute Gasteiger partial charge is 0.354 e. The number of carboxylic acid groups (broad SMARTS) is 1. The maximum atomic E-state index is 12.4. The Morgan fingerprint density at radius 2 is 2.27 bits per heavy atom. The molecule has 2 N–H and O–H groups in total. The minimum Gasteiger partial charge on any atom is -0.504 e. The van der Waals surface area contributed by atoms with Gasteiger partial charge < -0.3 is 10.2 Å². The Labute approximate surface area is 60.9 Å². The fourth-order valence-electron chi connectivity index (χ4n) is 0.541. The largest absolute Gasteiger partial charge is 0.504 e. The quantitative estimate of drug-likeness (QED) is 0.627. The number of hydrogen-bond donors (Lipinski definition) is 2. The van der Waals surface area contributed by atoms with E-state index in [9.17, 15) is 9.18 Å². The topological polar surface area (TPSA) is 70.4 Å². The van der Waals surface area contributed by atoms with Crippen molar-refractivity contribution in [1.29, 1.82) is 0 Å². The number of aromatic hydroxyl groups is 1. The number of hydrogen-bond acceptors (Lipinski definition) is 3. The van der Waals surface area contributed by atoms with Crippen molar-refractivity contribution in [2.24, 2.45) is 0 Å². The van der Waals surface area contributed by atoms with Crippen molar-refractivity contribution in [2.45, 2.75) is 0 Å². The highest BCUT2D eigenvalue weighted by molar-refractivity contribution is 5.85. The summed E-state index contributed by atoms with van der Waals surface area (Å²) in [5, 5.41) is 16.9. The number of aromatic nitrogens is 1. The van der Waals surface area contributed by atoms with Gasteiger partial charge in [0, 0.05) is 6.07 Å². The van der Waals surface area contributed by atoms with E-state index in [0.29, 0.717) is 6.07 Å². The molecule has 0 spiro atoms. The minimum absolute atomic E-state index is 0.430. The zero-order chi connectivity index (χ0) is 8.43. The molecule has 0 aliphatic rings. The molecule has 0 aromatic carbocycles. The Balaban J connectivity index is 3.15. The second-order valence-electron chi connectivity index (χ2n) is 1.83. The van der Waals surface area contributed by atoms with Gasteiger partial charge in [-0.2, -0.15) is 0 Å². The predicted octanol–water partition coefficient (Wildman–Crippen LogP) is 0.625. The molecule has 0 bridgehead atoms. The van der Waals surface area contributed by atoms with Crippen LogP contribution in [0.3, 0.4) is 0 Å². The van der Waals surface area contributed by atoms with Gasteiger partial charge in [0.2, 0.25) is 0 Å². The van der Waals surface area contributed by atoms with Crippen LogP contribution >= 0.6 is 0 Å². The molecule has 0 saturated carbocycles. The third kappa shape index (κ3) is 1.43. The first-order chi connectivity index (χ1) is 5.11. The number of rotatable bonds is 1. The van der Waals surface area contributed by atoms with Crippen LogP contribution in [-0.4, -0.2) is 21.2 Å². The molecule has 5 heteroatoms. The van der Waals surface area contributed by atoms with Crippen molar-refractivity contribution >= 4 is 5.97 Å². The van der Waals surface area contributed by atoms with Gasteiger partial charge >= 0.3 is 5.97 Å². The van der Waals surface area contributed by atoms with E-state index in [1.165, 1.54) is 0 Å². The first-order valence-electron chi connectivity index (χ1n) is 2.69. The van der Waals surface area contributed by atoms with Crippen LogP contribution < -0.4 is 0 Å². The Morgan fingerprint density at radius 3 is 2.73 bits per heavy atom. The summed E-state index contributed by atoms with van der Waals surface area (Å²) >= 11 is 0. The Morgan fingerprint density at radius 1 is 1.64 bits per heavy atom. The van der Waals surface area contributed by atoms with Crippen LogP contribution in [0.1, 0.15) is 10.5 Å². The van der Waals surface area contributed by atoms with Gasteiger partial charge in [0.05, 0.1) is 6.20 Å². The van der Waals surface area contributed by atoms with Crippen molar-refractivity contribution in [3.63, 3.8) is 0 Å². The highest BCUT2D eigenvalue weighted by Gasteiger charge is 2.07. The van der Waals surface area contributed by atoms with Crippen molar-refractivity contribution in [3.05, 3.63) is 23.8 Å². The number of carboxylic acids is 1. The van der Waals surface area contributed by atoms with Gasteiger partial charge in [0.25, 0.3) is 0 Å². The standard InChI is InChI=1S/C6H4FNO3/c7-3-1-4(6(10)11)8-2-5(3)9/h1-2,9H,(H,10,11). The second-order valence-corrected chi connectivity index (χ2v) is 1.83. The normalized spacial score (nSPS) is 9.55. The van der Waals surface area contributed by atoms with Gasteiger partial charge in [-0.05, 0) is 0 Å². The van der Waals surface area contributed by atoms with Gasteiger partial charge in [-0.3, -0.25) is 0 Å². The number of pyridine rings is 1. The van der Waals surface area contributed by atoms with Crippen molar-refractivity contribution in [2.75, 3.05) is 0 Å². The number of nitrogens with zero attached hydrogens (tertiary/aromatic N) is 1. The summed E-state index contributed by atoms with van der Waals surface area (Å²) in [6.07, 6.45) is 0.749. The van der Waals surface area contributed by atoms with Crippen LogP contribution in [0.15, 0.2) is 12.3 Å². The van der Waals surface area contributed by atoms with Crippen molar-refractivity contribution in [1.82, 2.24) is 4.98 Å². The van der Waals surface area contributed by atoms with Crippen molar-refractivity contribution in [3.8, 4) is 5.75 Å². The van der Waals surface area contributed by atoms with E-state index in [1.807, 2.05) is 0 Å². The number of carbonyl (C=O) groups is 1. The van der Waals surface area contributed by atoms with Gasteiger partial charge in [-0.15, -0.1) is 0 Å². The third-order valence-electron chi connectivity index (χ3n) is 1.05. The fourth-order valence-corrected chi connectivity index (χ4v) is 0.541. The summed E-state index contributed by atoms with van der Waals surface area (Å²) in [5.74, 6) is -2.98. The molecule has 1 aromatic rings. The van der Waals surface area contributed by atoms with E-state index >= 15 is 0 Å². The summed E-state index contributed by atoms with van der Waals surface area (Å²) in [4.78, 5) is 13.4. The lowest BCUT2D eigenvalue weighted by atomic mass is 10.3. The zero-order valence-electron chi connectivity index (χ0n) is 5.28. The summed E-state index contributed by atoms with van der Waals surface area (Å²) < 4.78 is 12.4. The van der Waals surface area contributed by atoms with E-state index in [4.69, 9.17) is 10.2 Å². The van der Waals surface area contributed by atoms with Crippen LogP contribution in [0.2, 0.25) is 0 Å². The lowest BCUT2D eigenvalue weighted by molar-refractivity contribution is 0.0690. The molecule has 1 aromatic heterocycles. The highest BCUT2D eigenvalue weighted by Crippen LogP contribution is 2.12. The molecule has 0 atom stereocenters.